The second kappa shape index (κ2) is 8.20. The molecule has 0 radical (unpaired) electrons. The second-order valence-electron chi connectivity index (χ2n) is 6.98. The number of carbonyl (C=O) groups excluding carboxylic acids is 1. The molecule has 1 amide bonds. The van der Waals surface area contributed by atoms with Crippen LogP contribution in [0.4, 0.5) is 5.69 Å². The van der Waals surface area contributed by atoms with E-state index in [4.69, 9.17) is 4.74 Å². The predicted octanol–water partition coefficient (Wildman–Crippen LogP) is 3.38. The van der Waals surface area contributed by atoms with E-state index in [1.165, 1.54) is 16.4 Å². The van der Waals surface area contributed by atoms with E-state index in [0.29, 0.717) is 30.0 Å². The Morgan fingerprint density at radius 1 is 1.03 bits per heavy atom. The van der Waals surface area contributed by atoms with Crippen molar-refractivity contribution in [3.05, 3.63) is 89.5 Å². The van der Waals surface area contributed by atoms with Crippen LogP contribution in [0.15, 0.2) is 77.7 Å². The fraction of sp³-hybridized carbons (Fsp3) is 0.174. The molecule has 7 heteroatoms. The minimum absolute atomic E-state index is 0.101. The minimum atomic E-state index is -3.75. The summed E-state index contributed by atoms with van der Waals surface area (Å²) in [5.74, 6) is 0.335. The van der Waals surface area contributed by atoms with Crippen LogP contribution in [-0.2, 0) is 23.0 Å². The number of fused-ring (bicyclic) bond motifs is 1. The molecule has 1 aliphatic rings. The van der Waals surface area contributed by atoms with Gasteiger partial charge in [0, 0.05) is 24.2 Å². The lowest BCUT2D eigenvalue weighted by molar-refractivity contribution is 0.0950. The van der Waals surface area contributed by atoms with Crippen molar-refractivity contribution >= 4 is 21.6 Å². The molecule has 0 aliphatic carbocycles. The Hall–Kier alpha value is -3.32. The highest BCUT2D eigenvalue weighted by atomic mass is 32.2. The van der Waals surface area contributed by atoms with Crippen LogP contribution in [0.25, 0.3) is 0 Å². The molecule has 0 fully saturated rings. The van der Waals surface area contributed by atoms with Gasteiger partial charge in [-0.2, -0.15) is 0 Å². The molecule has 0 aromatic heterocycles. The maximum atomic E-state index is 13.2. The molecule has 0 unspecified atom stereocenters. The van der Waals surface area contributed by atoms with Crippen molar-refractivity contribution in [3.63, 3.8) is 0 Å². The van der Waals surface area contributed by atoms with Crippen molar-refractivity contribution in [1.82, 2.24) is 5.32 Å². The number of hydrogen-bond acceptors (Lipinski definition) is 4. The maximum Gasteiger partial charge on any atom is 0.264 e. The van der Waals surface area contributed by atoms with Gasteiger partial charge in [0.15, 0.2) is 0 Å². The number of hydrogen-bond donors (Lipinski definition) is 1. The summed E-state index contributed by atoms with van der Waals surface area (Å²) in [6.45, 7) is 0.672. The molecule has 0 spiro atoms. The van der Waals surface area contributed by atoms with Gasteiger partial charge in [-0.25, -0.2) is 8.42 Å². The van der Waals surface area contributed by atoms with Gasteiger partial charge in [0.05, 0.1) is 17.7 Å². The largest absolute Gasteiger partial charge is 0.496 e. The van der Waals surface area contributed by atoms with Gasteiger partial charge in [-0.1, -0.05) is 42.5 Å². The molecule has 1 heterocycles. The molecule has 0 atom stereocenters. The Balaban J connectivity index is 1.54. The predicted molar refractivity (Wildman–Crippen MR) is 115 cm³/mol. The number of anilines is 1. The van der Waals surface area contributed by atoms with Crippen LogP contribution in [0, 0.1) is 0 Å². The van der Waals surface area contributed by atoms with E-state index in [1.54, 1.807) is 19.2 Å². The van der Waals surface area contributed by atoms with Crippen molar-refractivity contribution in [2.75, 3.05) is 18.0 Å². The standard InChI is InChI=1S/C23H22N2O4S/c1-29-22-12-5-3-8-19(22)16-24-23(26)18-9-6-10-20(15-18)30(27,28)25-14-13-17-7-2-4-11-21(17)25/h2-12,15H,13-14,16H2,1H3,(H,24,26). The number of amides is 1. The number of ether oxygens (including phenoxy) is 1. The summed E-state index contributed by atoms with van der Waals surface area (Å²) in [5, 5.41) is 2.83. The quantitative estimate of drug-likeness (QED) is 0.661. The average molecular weight is 423 g/mol. The zero-order chi connectivity index (χ0) is 21.1. The first-order valence-electron chi connectivity index (χ1n) is 9.61. The molecular weight excluding hydrogens is 400 g/mol. The Morgan fingerprint density at radius 2 is 1.80 bits per heavy atom. The fourth-order valence-electron chi connectivity index (χ4n) is 3.61. The molecule has 1 aliphatic heterocycles. The van der Waals surface area contributed by atoms with E-state index >= 15 is 0 Å². The van der Waals surface area contributed by atoms with Crippen molar-refractivity contribution in [2.45, 2.75) is 17.9 Å². The molecule has 0 bridgehead atoms. The topological polar surface area (TPSA) is 75.7 Å². The summed E-state index contributed by atoms with van der Waals surface area (Å²) in [7, 11) is -2.18. The molecule has 3 aromatic carbocycles. The van der Waals surface area contributed by atoms with E-state index in [0.717, 1.165) is 11.1 Å². The van der Waals surface area contributed by atoms with Gasteiger partial charge in [-0.15, -0.1) is 0 Å². The summed E-state index contributed by atoms with van der Waals surface area (Å²) in [6, 6.07) is 21.0. The van der Waals surface area contributed by atoms with E-state index in [1.807, 2.05) is 48.5 Å². The first-order valence-corrected chi connectivity index (χ1v) is 11.1. The molecule has 154 valence electrons. The van der Waals surface area contributed by atoms with E-state index < -0.39 is 10.0 Å². The highest BCUT2D eigenvalue weighted by Crippen LogP contribution is 2.32. The fourth-order valence-corrected chi connectivity index (χ4v) is 5.16. The third-order valence-corrected chi connectivity index (χ3v) is 6.97. The monoisotopic (exact) mass is 422 g/mol. The van der Waals surface area contributed by atoms with Crippen LogP contribution < -0.4 is 14.4 Å². The molecule has 0 saturated heterocycles. The summed E-state index contributed by atoms with van der Waals surface area (Å²) in [5.41, 5.74) is 2.83. The van der Waals surface area contributed by atoms with Gasteiger partial charge < -0.3 is 10.1 Å². The van der Waals surface area contributed by atoms with Gasteiger partial charge in [0.2, 0.25) is 0 Å². The Labute approximate surface area is 176 Å². The summed E-state index contributed by atoms with van der Waals surface area (Å²) in [4.78, 5) is 12.8. The summed E-state index contributed by atoms with van der Waals surface area (Å²) in [6.07, 6.45) is 0.675. The third-order valence-electron chi connectivity index (χ3n) is 5.16. The SMILES string of the molecule is COc1ccccc1CNC(=O)c1cccc(S(=O)(=O)N2CCc3ccccc32)c1. The molecule has 30 heavy (non-hydrogen) atoms. The number of nitrogens with one attached hydrogen (secondary N) is 1. The molecule has 0 saturated carbocycles. The van der Waals surface area contributed by atoms with E-state index in [2.05, 4.69) is 5.32 Å². The average Bonchev–Trinajstić information content (AvgIpc) is 3.23. The van der Waals surface area contributed by atoms with Crippen LogP contribution >= 0.6 is 0 Å². The van der Waals surface area contributed by atoms with Crippen LogP contribution in [0.5, 0.6) is 5.75 Å². The molecule has 3 aromatic rings. The van der Waals surface area contributed by atoms with Crippen LogP contribution in [0.3, 0.4) is 0 Å². The van der Waals surface area contributed by atoms with E-state index in [9.17, 15) is 13.2 Å². The van der Waals surface area contributed by atoms with Gasteiger partial charge in [0.1, 0.15) is 5.75 Å². The zero-order valence-corrected chi connectivity index (χ0v) is 17.4. The Bertz CT molecular complexity index is 1190. The Kier molecular flexibility index (Phi) is 5.46. The molecule has 4 rings (SSSR count). The van der Waals surface area contributed by atoms with Crippen molar-refractivity contribution in [3.8, 4) is 5.75 Å². The van der Waals surface area contributed by atoms with Crippen LogP contribution in [0.2, 0.25) is 0 Å². The Morgan fingerprint density at radius 3 is 2.63 bits per heavy atom. The number of benzene rings is 3. The van der Waals surface area contributed by atoms with E-state index in [-0.39, 0.29) is 17.3 Å². The summed E-state index contributed by atoms with van der Waals surface area (Å²) >= 11 is 0. The lowest BCUT2D eigenvalue weighted by Gasteiger charge is -2.20. The minimum Gasteiger partial charge on any atom is -0.496 e. The maximum absolute atomic E-state index is 13.2. The van der Waals surface area contributed by atoms with Gasteiger partial charge in [0.25, 0.3) is 15.9 Å². The second-order valence-corrected chi connectivity index (χ2v) is 8.84. The van der Waals surface area contributed by atoms with Crippen LogP contribution in [-0.4, -0.2) is 28.0 Å². The summed E-state index contributed by atoms with van der Waals surface area (Å²) < 4.78 is 33.1. The lowest BCUT2D eigenvalue weighted by Crippen LogP contribution is -2.29. The van der Waals surface area contributed by atoms with Crippen molar-refractivity contribution < 1.29 is 17.9 Å². The lowest BCUT2D eigenvalue weighted by atomic mass is 10.2. The highest BCUT2D eigenvalue weighted by molar-refractivity contribution is 7.92. The first kappa shape index (κ1) is 20.0. The molecule has 6 nitrogen and oxygen atoms in total. The first-order chi connectivity index (χ1) is 14.5. The number of rotatable bonds is 6. The number of carbonyl (C=O) groups is 1. The third kappa shape index (κ3) is 3.76. The normalized spacial score (nSPS) is 13.0. The molecule has 1 N–H and O–H groups in total. The van der Waals surface area contributed by atoms with Gasteiger partial charge >= 0.3 is 0 Å². The van der Waals surface area contributed by atoms with Gasteiger partial charge in [-0.3, -0.25) is 9.10 Å². The highest BCUT2D eigenvalue weighted by Gasteiger charge is 2.30. The number of para-hydroxylation sites is 2. The smallest absolute Gasteiger partial charge is 0.264 e. The van der Waals surface area contributed by atoms with Crippen LogP contribution in [0.1, 0.15) is 21.5 Å². The zero-order valence-electron chi connectivity index (χ0n) is 16.5. The number of sulfonamides is 1. The number of nitrogens with zero attached hydrogens (tertiary/aromatic N) is 1. The van der Waals surface area contributed by atoms with Crippen molar-refractivity contribution in [2.24, 2.45) is 0 Å². The van der Waals surface area contributed by atoms with Crippen molar-refractivity contribution in [1.29, 1.82) is 0 Å². The molecular formula is C23H22N2O4S. The van der Waals surface area contributed by atoms with Gasteiger partial charge in [-0.05, 0) is 42.3 Å². The number of methoxy groups -OCH3 is 1.